The zero-order valence-electron chi connectivity index (χ0n) is 20.4. The molecule has 0 fully saturated rings. The third-order valence-corrected chi connectivity index (χ3v) is 7.19. The van der Waals surface area contributed by atoms with Crippen LogP contribution in [0.4, 0.5) is 0 Å². The van der Waals surface area contributed by atoms with Gasteiger partial charge in [-0.1, -0.05) is 116 Å². The van der Waals surface area contributed by atoms with Crippen molar-refractivity contribution < 1.29 is 10.0 Å². The van der Waals surface area contributed by atoms with Gasteiger partial charge in [0.25, 0.3) is 0 Å². The zero-order valence-corrected chi connectivity index (χ0v) is 20.4. The number of hydrogen-bond acceptors (Lipinski definition) is 2. The molecule has 0 saturated carbocycles. The molecule has 3 heteroatoms. The van der Waals surface area contributed by atoms with Gasteiger partial charge in [-0.15, -0.1) is 0 Å². The summed E-state index contributed by atoms with van der Waals surface area (Å²) in [5, 5.41) is 26.7. The van der Waals surface area contributed by atoms with E-state index < -0.39 is 7.12 Å². The Morgan fingerprint density at radius 2 is 1.00 bits per heavy atom. The van der Waals surface area contributed by atoms with E-state index in [9.17, 15) is 10.0 Å². The Morgan fingerprint density at radius 1 is 0.514 bits per heavy atom. The summed E-state index contributed by atoms with van der Waals surface area (Å²) in [4.78, 5) is 0. The second-order valence-electron chi connectivity index (χ2n) is 9.29. The summed E-state index contributed by atoms with van der Waals surface area (Å²) in [5.41, 5.74) is 6.57. The van der Waals surface area contributed by atoms with Gasteiger partial charge in [0.15, 0.2) is 0 Å². The highest BCUT2D eigenvalue weighted by Gasteiger charge is 2.21. The number of fused-ring (bicyclic) bond motifs is 3. The number of hydrogen-bond donors (Lipinski definition) is 2. The van der Waals surface area contributed by atoms with E-state index in [-0.39, 0.29) is 0 Å². The standard InChI is InChI=1S/C34H25BO2/c1-3-29-30(4-2)34(27-16-14-23-10-6-8-12-25(23)20-27)32-21-28(35(36)37)17-18-31(32)33(29)26-15-13-22-9-5-7-11-24(22)19-26/h3-21,36-37H,1-2H2. The minimum Gasteiger partial charge on any atom is -0.423 e. The Balaban J connectivity index is 1.76. The van der Waals surface area contributed by atoms with Crippen molar-refractivity contribution in [3.05, 3.63) is 127 Å². The molecule has 0 bridgehead atoms. The molecule has 6 aromatic carbocycles. The molecule has 2 nitrogen and oxygen atoms in total. The van der Waals surface area contributed by atoms with Gasteiger partial charge in [-0.2, -0.15) is 0 Å². The quantitative estimate of drug-likeness (QED) is 0.254. The van der Waals surface area contributed by atoms with Crippen molar-refractivity contribution in [2.75, 3.05) is 0 Å². The van der Waals surface area contributed by atoms with E-state index in [1.54, 1.807) is 6.07 Å². The fourth-order valence-electron chi connectivity index (χ4n) is 5.44. The van der Waals surface area contributed by atoms with Crippen LogP contribution in [-0.4, -0.2) is 17.2 Å². The maximum Gasteiger partial charge on any atom is 0.488 e. The lowest BCUT2D eigenvalue weighted by atomic mass is 9.76. The molecule has 37 heavy (non-hydrogen) atoms. The van der Waals surface area contributed by atoms with E-state index in [0.29, 0.717) is 5.46 Å². The second-order valence-corrected chi connectivity index (χ2v) is 9.29. The second kappa shape index (κ2) is 9.22. The van der Waals surface area contributed by atoms with Crippen LogP contribution >= 0.6 is 0 Å². The van der Waals surface area contributed by atoms with E-state index >= 15 is 0 Å². The van der Waals surface area contributed by atoms with E-state index in [0.717, 1.165) is 54.9 Å². The van der Waals surface area contributed by atoms with Crippen molar-refractivity contribution in [1.29, 1.82) is 0 Å². The first-order chi connectivity index (χ1) is 18.1. The van der Waals surface area contributed by atoms with Gasteiger partial charge in [-0.05, 0) is 83.3 Å². The van der Waals surface area contributed by atoms with Crippen molar-refractivity contribution in [3.8, 4) is 22.3 Å². The molecule has 0 heterocycles. The average Bonchev–Trinajstić information content (AvgIpc) is 2.94. The highest BCUT2D eigenvalue weighted by molar-refractivity contribution is 6.59. The summed E-state index contributed by atoms with van der Waals surface area (Å²) in [6.45, 7) is 8.39. The molecule has 0 aromatic heterocycles. The van der Waals surface area contributed by atoms with E-state index in [1.165, 1.54) is 10.8 Å². The van der Waals surface area contributed by atoms with Crippen molar-refractivity contribution in [2.24, 2.45) is 0 Å². The van der Waals surface area contributed by atoms with Gasteiger partial charge in [0.05, 0.1) is 0 Å². The lowest BCUT2D eigenvalue weighted by molar-refractivity contribution is 0.426. The van der Waals surface area contributed by atoms with E-state index in [1.807, 2.05) is 48.6 Å². The van der Waals surface area contributed by atoms with Gasteiger partial charge in [0.2, 0.25) is 0 Å². The lowest BCUT2D eigenvalue weighted by Gasteiger charge is -2.21. The third-order valence-electron chi connectivity index (χ3n) is 7.19. The molecule has 0 aliphatic carbocycles. The number of benzene rings is 6. The molecule has 0 atom stereocenters. The molecule has 2 N–H and O–H groups in total. The first-order valence-electron chi connectivity index (χ1n) is 12.3. The maximum absolute atomic E-state index is 10.0. The number of rotatable bonds is 5. The first-order valence-corrected chi connectivity index (χ1v) is 12.3. The van der Waals surface area contributed by atoms with Crippen LogP contribution in [0.25, 0.3) is 66.7 Å². The summed E-state index contributed by atoms with van der Waals surface area (Å²) in [6, 6.07) is 35.2. The molecule has 0 aliphatic rings. The Morgan fingerprint density at radius 3 is 1.49 bits per heavy atom. The summed E-state index contributed by atoms with van der Waals surface area (Å²) in [7, 11) is -1.57. The SMILES string of the molecule is C=Cc1c(C=C)c(-c2ccc3ccccc3c2)c2cc(B(O)O)ccc2c1-c1ccc2ccccc2c1. The van der Waals surface area contributed by atoms with E-state index in [4.69, 9.17) is 0 Å². The third kappa shape index (κ3) is 3.86. The topological polar surface area (TPSA) is 40.5 Å². The molecule has 0 radical (unpaired) electrons. The van der Waals surface area contributed by atoms with Crippen LogP contribution in [0.2, 0.25) is 0 Å². The van der Waals surface area contributed by atoms with Crippen LogP contribution in [0.1, 0.15) is 11.1 Å². The molecule has 6 aromatic rings. The molecule has 0 saturated heterocycles. The predicted molar refractivity (Wildman–Crippen MR) is 160 cm³/mol. The van der Waals surface area contributed by atoms with Gasteiger partial charge in [-0.3, -0.25) is 0 Å². The van der Waals surface area contributed by atoms with Crippen LogP contribution in [0.5, 0.6) is 0 Å². The summed E-state index contributed by atoms with van der Waals surface area (Å²) < 4.78 is 0. The Bertz CT molecular complexity index is 1850. The van der Waals surface area contributed by atoms with E-state index in [2.05, 4.69) is 73.8 Å². The minimum absolute atomic E-state index is 0.445. The fraction of sp³-hybridized carbons (Fsp3) is 0. The zero-order chi connectivity index (χ0) is 25.5. The fourth-order valence-corrected chi connectivity index (χ4v) is 5.44. The monoisotopic (exact) mass is 476 g/mol. The summed E-state index contributed by atoms with van der Waals surface area (Å²) >= 11 is 0. The Kier molecular flexibility index (Phi) is 5.73. The lowest BCUT2D eigenvalue weighted by Crippen LogP contribution is -2.29. The first kappa shape index (κ1) is 23.0. The highest BCUT2D eigenvalue weighted by atomic mass is 16.4. The molecule has 6 rings (SSSR count). The average molecular weight is 476 g/mol. The molecule has 0 spiro atoms. The van der Waals surface area contributed by atoms with Gasteiger partial charge in [0, 0.05) is 0 Å². The molecule has 176 valence electrons. The van der Waals surface area contributed by atoms with Crippen molar-refractivity contribution >= 4 is 57.1 Å². The highest BCUT2D eigenvalue weighted by Crippen LogP contribution is 2.44. The largest absolute Gasteiger partial charge is 0.488 e. The van der Waals surface area contributed by atoms with Crippen LogP contribution in [0, 0.1) is 0 Å². The minimum atomic E-state index is -1.57. The van der Waals surface area contributed by atoms with Crippen molar-refractivity contribution in [1.82, 2.24) is 0 Å². The predicted octanol–water partition coefficient (Wildman–Crippen LogP) is 7.45. The van der Waals surface area contributed by atoms with Crippen LogP contribution in [0.3, 0.4) is 0 Å². The molecular weight excluding hydrogens is 451 g/mol. The molecule has 0 aliphatic heterocycles. The molecular formula is C34H25BO2. The van der Waals surface area contributed by atoms with Crippen molar-refractivity contribution in [2.45, 2.75) is 0 Å². The molecule has 0 unspecified atom stereocenters. The van der Waals surface area contributed by atoms with Gasteiger partial charge in [0.1, 0.15) is 0 Å². The maximum atomic E-state index is 10.0. The van der Waals surface area contributed by atoms with Gasteiger partial charge < -0.3 is 10.0 Å². The smallest absolute Gasteiger partial charge is 0.423 e. The van der Waals surface area contributed by atoms with Crippen LogP contribution in [0.15, 0.2) is 116 Å². The Hall–Kier alpha value is -4.44. The van der Waals surface area contributed by atoms with Gasteiger partial charge in [-0.25, -0.2) is 0 Å². The Labute approximate surface area is 216 Å². The van der Waals surface area contributed by atoms with Crippen molar-refractivity contribution in [3.63, 3.8) is 0 Å². The van der Waals surface area contributed by atoms with Crippen LogP contribution in [-0.2, 0) is 0 Å². The normalized spacial score (nSPS) is 11.2. The van der Waals surface area contributed by atoms with Crippen LogP contribution < -0.4 is 5.46 Å². The van der Waals surface area contributed by atoms with Gasteiger partial charge >= 0.3 is 7.12 Å². The summed E-state index contributed by atoms with van der Waals surface area (Å²) in [6.07, 6.45) is 3.79. The molecule has 0 amide bonds. The summed E-state index contributed by atoms with van der Waals surface area (Å²) in [5.74, 6) is 0.